The normalized spacial score (nSPS) is 11.1. The van der Waals surface area contributed by atoms with E-state index in [2.05, 4.69) is 15.8 Å². The molecule has 18 heavy (non-hydrogen) atoms. The van der Waals surface area contributed by atoms with Crippen LogP contribution in [0.4, 0.5) is 4.79 Å². The number of hydrogen-bond acceptors (Lipinski definition) is 4. The molecule has 0 spiro atoms. The Morgan fingerprint density at radius 1 is 1.50 bits per heavy atom. The number of aliphatic carboxylic acids is 1. The molecule has 1 heterocycles. The molecule has 1 rings (SSSR count). The Hall–Kier alpha value is -2.05. The third kappa shape index (κ3) is 4.86. The van der Waals surface area contributed by atoms with Crippen LogP contribution < -0.4 is 10.6 Å². The van der Waals surface area contributed by atoms with Gasteiger partial charge in [0, 0.05) is 11.6 Å². The molecule has 2 amide bonds. The van der Waals surface area contributed by atoms with E-state index in [0.717, 1.165) is 0 Å². The van der Waals surface area contributed by atoms with Crippen molar-refractivity contribution in [3.63, 3.8) is 0 Å². The zero-order valence-electron chi connectivity index (χ0n) is 10.6. The second-order valence-corrected chi connectivity index (χ2v) is 4.69. The van der Waals surface area contributed by atoms with Crippen molar-refractivity contribution in [2.75, 3.05) is 0 Å². The van der Waals surface area contributed by atoms with Crippen LogP contribution in [0.5, 0.6) is 0 Å². The molecule has 1 aromatic heterocycles. The minimum absolute atomic E-state index is 0.149. The van der Waals surface area contributed by atoms with Crippen molar-refractivity contribution in [2.24, 2.45) is 0 Å². The van der Waals surface area contributed by atoms with Gasteiger partial charge in [-0.1, -0.05) is 5.16 Å². The Kier molecular flexibility index (Phi) is 4.30. The topological polar surface area (TPSA) is 104 Å². The summed E-state index contributed by atoms with van der Waals surface area (Å²) < 4.78 is 4.85. The maximum absolute atomic E-state index is 11.5. The van der Waals surface area contributed by atoms with E-state index in [1.165, 1.54) is 0 Å². The highest BCUT2D eigenvalue weighted by Gasteiger charge is 2.23. The summed E-state index contributed by atoms with van der Waals surface area (Å²) in [4.78, 5) is 22.1. The molecular formula is C11H17N3O4. The highest BCUT2D eigenvalue weighted by Crippen LogP contribution is 2.07. The van der Waals surface area contributed by atoms with E-state index in [0.29, 0.717) is 11.5 Å². The molecule has 0 aliphatic heterocycles. The zero-order chi connectivity index (χ0) is 13.8. The van der Waals surface area contributed by atoms with Crippen molar-refractivity contribution in [3.05, 3.63) is 17.5 Å². The first kappa shape index (κ1) is 14.0. The monoisotopic (exact) mass is 255 g/mol. The quantitative estimate of drug-likeness (QED) is 0.729. The van der Waals surface area contributed by atoms with Crippen molar-refractivity contribution in [2.45, 2.75) is 39.3 Å². The number of carboxylic acid groups (broad SMARTS) is 1. The summed E-state index contributed by atoms with van der Waals surface area (Å²) in [6.45, 7) is 5.26. The van der Waals surface area contributed by atoms with Gasteiger partial charge >= 0.3 is 12.0 Å². The molecule has 0 aliphatic rings. The first-order valence-electron chi connectivity index (χ1n) is 5.48. The maximum Gasteiger partial charge on any atom is 0.315 e. The third-order valence-electron chi connectivity index (χ3n) is 2.15. The average Bonchev–Trinajstić information content (AvgIpc) is 2.58. The molecular weight excluding hydrogens is 238 g/mol. The highest BCUT2D eigenvalue weighted by molar-refractivity contribution is 5.76. The molecule has 0 unspecified atom stereocenters. The Balaban J connectivity index is 2.39. The molecule has 0 atom stereocenters. The van der Waals surface area contributed by atoms with Gasteiger partial charge in [0.2, 0.25) is 0 Å². The summed E-state index contributed by atoms with van der Waals surface area (Å²) >= 11 is 0. The van der Waals surface area contributed by atoms with E-state index in [-0.39, 0.29) is 13.0 Å². The van der Waals surface area contributed by atoms with Gasteiger partial charge in [0.25, 0.3) is 0 Å². The van der Waals surface area contributed by atoms with Crippen molar-refractivity contribution in [1.29, 1.82) is 0 Å². The smallest absolute Gasteiger partial charge is 0.315 e. The standard InChI is InChI=1S/C11H17N3O4/c1-7-4-8(14-18-7)6-12-10(17)13-11(2,3)5-9(15)16/h4H,5-6H2,1-3H3,(H,15,16)(H2,12,13,17). The summed E-state index contributed by atoms with van der Waals surface area (Å²) in [5.41, 5.74) is -0.200. The fourth-order valence-corrected chi connectivity index (χ4v) is 1.45. The van der Waals surface area contributed by atoms with E-state index in [1.807, 2.05) is 0 Å². The second-order valence-electron chi connectivity index (χ2n) is 4.69. The molecule has 0 saturated heterocycles. The van der Waals surface area contributed by atoms with E-state index >= 15 is 0 Å². The maximum atomic E-state index is 11.5. The van der Waals surface area contributed by atoms with Gasteiger partial charge in [0.1, 0.15) is 11.5 Å². The van der Waals surface area contributed by atoms with E-state index in [4.69, 9.17) is 9.63 Å². The van der Waals surface area contributed by atoms with Gasteiger partial charge in [-0.25, -0.2) is 4.79 Å². The Morgan fingerprint density at radius 3 is 2.67 bits per heavy atom. The molecule has 0 saturated carbocycles. The minimum atomic E-state index is -0.965. The number of nitrogens with one attached hydrogen (secondary N) is 2. The summed E-state index contributed by atoms with van der Waals surface area (Å²) in [7, 11) is 0. The Bertz CT molecular complexity index is 439. The van der Waals surface area contributed by atoms with Crippen LogP contribution in [0.15, 0.2) is 10.6 Å². The SMILES string of the molecule is Cc1cc(CNC(=O)NC(C)(C)CC(=O)O)no1. The van der Waals surface area contributed by atoms with Crippen LogP contribution >= 0.6 is 0 Å². The molecule has 0 bridgehead atoms. The van der Waals surface area contributed by atoms with E-state index in [9.17, 15) is 9.59 Å². The largest absolute Gasteiger partial charge is 0.481 e. The first-order chi connectivity index (χ1) is 8.28. The summed E-state index contributed by atoms with van der Waals surface area (Å²) in [5.74, 6) is -0.300. The molecule has 0 fully saturated rings. The van der Waals surface area contributed by atoms with Gasteiger partial charge in [-0.05, 0) is 20.8 Å². The van der Waals surface area contributed by atoms with Crippen LogP contribution in [-0.4, -0.2) is 27.8 Å². The van der Waals surface area contributed by atoms with Gasteiger partial charge in [0.15, 0.2) is 0 Å². The summed E-state index contributed by atoms with van der Waals surface area (Å²) in [6.07, 6.45) is -0.149. The van der Waals surface area contributed by atoms with E-state index < -0.39 is 17.5 Å². The highest BCUT2D eigenvalue weighted by atomic mass is 16.5. The molecule has 0 radical (unpaired) electrons. The number of nitrogens with zero attached hydrogens (tertiary/aromatic N) is 1. The van der Waals surface area contributed by atoms with Crippen molar-refractivity contribution in [1.82, 2.24) is 15.8 Å². The summed E-state index contributed by atoms with van der Waals surface area (Å²) in [5, 5.41) is 17.6. The molecule has 1 aromatic rings. The van der Waals surface area contributed by atoms with Crippen molar-refractivity contribution >= 4 is 12.0 Å². The van der Waals surface area contributed by atoms with Gasteiger partial charge < -0.3 is 20.3 Å². The Morgan fingerprint density at radius 2 is 2.17 bits per heavy atom. The van der Waals surface area contributed by atoms with E-state index in [1.54, 1.807) is 26.8 Å². The lowest BCUT2D eigenvalue weighted by Crippen LogP contribution is -2.49. The number of amides is 2. The number of rotatable bonds is 5. The van der Waals surface area contributed by atoms with Crippen LogP contribution in [0.3, 0.4) is 0 Å². The summed E-state index contributed by atoms with van der Waals surface area (Å²) in [6, 6.07) is 1.27. The second kappa shape index (κ2) is 5.52. The Labute approximate surface area is 105 Å². The number of urea groups is 1. The van der Waals surface area contributed by atoms with Crippen LogP contribution in [-0.2, 0) is 11.3 Å². The lowest BCUT2D eigenvalue weighted by molar-refractivity contribution is -0.138. The minimum Gasteiger partial charge on any atom is -0.481 e. The fraction of sp³-hybridized carbons (Fsp3) is 0.545. The van der Waals surface area contributed by atoms with Crippen LogP contribution in [0.1, 0.15) is 31.7 Å². The predicted molar refractivity (Wildman–Crippen MR) is 62.9 cm³/mol. The number of carbonyl (C=O) groups is 2. The van der Waals surface area contributed by atoms with Gasteiger partial charge in [-0.3, -0.25) is 4.79 Å². The average molecular weight is 255 g/mol. The first-order valence-corrected chi connectivity index (χ1v) is 5.48. The molecule has 0 aromatic carbocycles. The molecule has 7 heteroatoms. The molecule has 100 valence electrons. The van der Waals surface area contributed by atoms with Crippen LogP contribution in [0, 0.1) is 6.92 Å². The number of aryl methyl sites for hydroxylation is 1. The molecule has 0 aliphatic carbocycles. The van der Waals surface area contributed by atoms with Crippen molar-refractivity contribution in [3.8, 4) is 0 Å². The predicted octanol–water partition coefficient (Wildman–Crippen LogP) is 1.04. The number of carbonyl (C=O) groups excluding carboxylic acids is 1. The number of aromatic nitrogens is 1. The van der Waals surface area contributed by atoms with Gasteiger partial charge in [-0.15, -0.1) is 0 Å². The van der Waals surface area contributed by atoms with Gasteiger partial charge in [-0.2, -0.15) is 0 Å². The third-order valence-corrected chi connectivity index (χ3v) is 2.15. The number of carboxylic acids is 1. The lowest BCUT2D eigenvalue weighted by Gasteiger charge is -2.24. The van der Waals surface area contributed by atoms with Crippen LogP contribution in [0.2, 0.25) is 0 Å². The van der Waals surface area contributed by atoms with Crippen molar-refractivity contribution < 1.29 is 19.2 Å². The fourth-order valence-electron chi connectivity index (χ4n) is 1.45. The lowest BCUT2D eigenvalue weighted by atomic mass is 10.0. The van der Waals surface area contributed by atoms with Crippen LogP contribution in [0.25, 0.3) is 0 Å². The molecule has 3 N–H and O–H groups in total. The number of hydrogen-bond donors (Lipinski definition) is 3. The molecule has 7 nitrogen and oxygen atoms in total. The van der Waals surface area contributed by atoms with Gasteiger partial charge in [0.05, 0.1) is 13.0 Å². The zero-order valence-corrected chi connectivity index (χ0v) is 10.6.